The summed E-state index contributed by atoms with van der Waals surface area (Å²) in [7, 11) is 0. The van der Waals surface area contributed by atoms with Gasteiger partial charge in [0.05, 0.1) is 0 Å². The molecule has 1 aliphatic carbocycles. The third kappa shape index (κ3) is 1.24. The predicted molar refractivity (Wildman–Crippen MR) is 36.5 cm³/mol. The zero-order chi connectivity index (χ0) is 5.98. The van der Waals surface area contributed by atoms with E-state index in [1.807, 2.05) is 0 Å². The van der Waals surface area contributed by atoms with Crippen molar-refractivity contribution in [1.29, 1.82) is 0 Å². The van der Waals surface area contributed by atoms with Crippen LogP contribution in [0.25, 0.3) is 0 Å². The Morgan fingerprint density at radius 3 is 2.38 bits per heavy atom. The average Bonchev–Trinajstić information content (AvgIpc) is 1.77. The van der Waals surface area contributed by atoms with Crippen molar-refractivity contribution in [1.82, 2.24) is 0 Å². The zero-order valence-electron chi connectivity index (χ0n) is 5.85. The topological polar surface area (TPSA) is 0 Å². The van der Waals surface area contributed by atoms with Crippen molar-refractivity contribution in [2.24, 2.45) is 11.8 Å². The molecule has 2 unspecified atom stereocenters. The summed E-state index contributed by atoms with van der Waals surface area (Å²) in [6.07, 6.45) is 6.54. The van der Waals surface area contributed by atoms with Gasteiger partial charge >= 0.3 is 0 Å². The van der Waals surface area contributed by atoms with E-state index in [1.54, 1.807) is 0 Å². The zero-order valence-corrected chi connectivity index (χ0v) is 5.85. The van der Waals surface area contributed by atoms with E-state index in [9.17, 15) is 0 Å². The fourth-order valence-electron chi connectivity index (χ4n) is 1.28. The maximum atomic E-state index is 2.42. The van der Waals surface area contributed by atoms with Gasteiger partial charge in [-0.25, -0.2) is 0 Å². The van der Waals surface area contributed by atoms with Crippen LogP contribution in [0.1, 0.15) is 33.1 Å². The first-order chi connectivity index (χ1) is 3.80. The van der Waals surface area contributed by atoms with Gasteiger partial charge in [-0.15, -0.1) is 0 Å². The number of hydrogen-bond acceptors (Lipinski definition) is 0. The van der Waals surface area contributed by atoms with Gasteiger partial charge < -0.3 is 0 Å². The highest BCUT2D eigenvalue weighted by molar-refractivity contribution is 4.78. The van der Waals surface area contributed by atoms with Crippen LogP contribution in [0.15, 0.2) is 0 Å². The highest BCUT2D eigenvalue weighted by Crippen LogP contribution is 2.27. The van der Waals surface area contributed by atoms with Gasteiger partial charge in [0.2, 0.25) is 0 Å². The predicted octanol–water partition coefficient (Wildman–Crippen LogP) is 2.65. The lowest BCUT2D eigenvalue weighted by molar-refractivity contribution is 0.319. The third-order valence-corrected chi connectivity index (χ3v) is 2.34. The van der Waals surface area contributed by atoms with Gasteiger partial charge in [-0.3, -0.25) is 0 Å². The smallest absolute Gasteiger partial charge is 0.0383 e. The molecule has 8 heavy (non-hydrogen) atoms. The van der Waals surface area contributed by atoms with Gasteiger partial charge in [0, 0.05) is 0 Å². The Morgan fingerprint density at radius 2 is 2.00 bits per heavy atom. The van der Waals surface area contributed by atoms with E-state index in [0.29, 0.717) is 0 Å². The first-order valence-corrected chi connectivity index (χ1v) is 3.62. The van der Waals surface area contributed by atoms with Gasteiger partial charge in [0.25, 0.3) is 0 Å². The molecule has 0 aliphatic heterocycles. The molecule has 0 N–H and O–H groups in total. The summed E-state index contributed by atoms with van der Waals surface area (Å²) in [5.74, 6) is 1.92. The minimum atomic E-state index is 0.948. The largest absolute Gasteiger partial charge is 0.0623 e. The molecule has 1 saturated carbocycles. The number of hydrogen-bond donors (Lipinski definition) is 0. The van der Waals surface area contributed by atoms with E-state index in [0.717, 1.165) is 11.8 Å². The third-order valence-electron chi connectivity index (χ3n) is 2.34. The molecule has 0 nitrogen and oxygen atoms in total. The Bertz CT molecular complexity index is 56.4. The molecule has 0 aromatic carbocycles. The van der Waals surface area contributed by atoms with Gasteiger partial charge in [-0.05, 0) is 31.1 Å². The maximum absolute atomic E-state index is 2.42. The Labute approximate surface area is 52.3 Å². The molecule has 0 amide bonds. The first kappa shape index (κ1) is 6.12. The minimum absolute atomic E-state index is 0.948. The van der Waals surface area contributed by atoms with Crippen molar-refractivity contribution >= 4 is 0 Å². The van der Waals surface area contributed by atoms with E-state index in [4.69, 9.17) is 0 Å². The maximum Gasteiger partial charge on any atom is -0.0383 e. The quantitative estimate of drug-likeness (QED) is 0.451. The Kier molecular flexibility index (Phi) is 1.93. The molecule has 1 rings (SSSR count). The van der Waals surface area contributed by atoms with E-state index in [1.165, 1.54) is 19.3 Å². The van der Waals surface area contributed by atoms with Crippen LogP contribution in [0, 0.1) is 18.3 Å². The van der Waals surface area contributed by atoms with Gasteiger partial charge in [-0.2, -0.15) is 0 Å². The standard InChI is InChI=1S/C8H15/c1-7-5-3-4-6-8(7)2/h3,7-8H,4-6H2,1-2H3. The lowest BCUT2D eigenvalue weighted by Crippen LogP contribution is -2.12. The molecule has 0 bridgehead atoms. The van der Waals surface area contributed by atoms with Crippen LogP contribution >= 0.6 is 0 Å². The summed E-state index contributed by atoms with van der Waals surface area (Å²) in [5, 5.41) is 0. The molecule has 0 heteroatoms. The Balaban J connectivity index is 2.28. The van der Waals surface area contributed by atoms with E-state index in [-0.39, 0.29) is 0 Å². The highest BCUT2D eigenvalue weighted by Gasteiger charge is 2.15. The van der Waals surface area contributed by atoms with Crippen molar-refractivity contribution in [3.8, 4) is 0 Å². The average molecular weight is 111 g/mol. The molecule has 1 radical (unpaired) electrons. The summed E-state index contributed by atoms with van der Waals surface area (Å²) in [6, 6.07) is 0. The van der Waals surface area contributed by atoms with Crippen LogP contribution < -0.4 is 0 Å². The van der Waals surface area contributed by atoms with E-state index >= 15 is 0 Å². The molecule has 0 aromatic heterocycles. The Hall–Kier alpha value is 0. The molecule has 1 aliphatic rings. The molecule has 2 atom stereocenters. The molecule has 47 valence electrons. The van der Waals surface area contributed by atoms with Crippen molar-refractivity contribution in [2.75, 3.05) is 0 Å². The van der Waals surface area contributed by atoms with Gasteiger partial charge in [0.15, 0.2) is 0 Å². The van der Waals surface area contributed by atoms with Crippen molar-refractivity contribution < 1.29 is 0 Å². The SMILES string of the molecule is CC1C[CH]CCC1C. The summed E-state index contributed by atoms with van der Waals surface area (Å²) in [5.41, 5.74) is 0. The molecule has 0 aromatic rings. The fourth-order valence-corrected chi connectivity index (χ4v) is 1.28. The molecule has 1 fully saturated rings. The van der Waals surface area contributed by atoms with Crippen molar-refractivity contribution in [3.05, 3.63) is 6.42 Å². The molecule has 0 spiro atoms. The summed E-state index contributed by atoms with van der Waals surface area (Å²) < 4.78 is 0. The minimum Gasteiger partial charge on any atom is -0.0623 e. The van der Waals surface area contributed by atoms with Crippen LogP contribution in [0.4, 0.5) is 0 Å². The molecular formula is C8H15. The second-order valence-corrected chi connectivity index (χ2v) is 3.06. The molecular weight excluding hydrogens is 96.1 g/mol. The first-order valence-electron chi connectivity index (χ1n) is 3.62. The molecule has 0 saturated heterocycles. The van der Waals surface area contributed by atoms with Crippen LogP contribution in [0.3, 0.4) is 0 Å². The summed E-state index contributed by atoms with van der Waals surface area (Å²) >= 11 is 0. The van der Waals surface area contributed by atoms with Crippen molar-refractivity contribution in [3.63, 3.8) is 0 Å². The van der Waals surface area contributed by atoms with Gasteiger partial charge in [-0.1, -0.05) is 20.3 Å². The lowest BCUT2D eigenvalue weighted by atomic mass is 9.82. The fraction of sp³-hybridized carbons (Fsp3) is 0.875. The van der Waals surface area contributed by atoms with Crippen molar-refractivity contribution in [2.45, 2.75) is 33.1 Å². The van der Waals surface area contributed by atoms with E-state index in [2.05, 4.69) is 20.3 Å². The summed E-state index contributed by atoms with van der Waals surface area (Å²) in [4.78, 5) is 0. The molecule has 0 heterocycles. The second-order valence-electron chi connectivity index (χ2n) is 3.06. The Morgan fingerprint density at radius 1 is 1.25 bits per heavy atom. The lowest BCUT2D eigenvalue weighted by Gasteiger charge is -2.24. The second kappa shape index (κ2) is 2.52. The van der Waals surface area contributed by atoms with Crippen LogP contribution in [-0.4, -0.2) is 0 Å². The normalized spacial score (nSPS) is 39.8. The van der Waals surface area contributed by atoms with Crippen LogP contribution in [-0.2, 0) is 0 Å². The van der Waals surface area contributed by atoms with Crippen LogP contribution in [0.2, 0.25) is 0 Å². The van der Waals surface area contributed by atoms with Crippen LogP contribution in [0.5, 0.6) is 0 Å². The monoisotopic (exact) mass is 111 g/mol. The van der Waals surface area contributed by atoms with E-state index < -0.39 is 0 Å². The highest BCUT2D eigenvalue weighted by atomic mass is 14.2. The number of rotatable bonds is 0. The van der Waals surface area contributed by atoms with Gasteiger partial charge in [0.1, 0.15) is 0 Å². The summed E-state index contributed by atoms with van der Waals surface area (Å²) in [6.45, 7) is 4.71.